The average Bonchev–Trinajstić information content (AvgIpc) is 3.63. The molecule has 0 radical (unpaired) electrons. The highest BCUT2D eigenvalue weighted by Crippen LogP contribution is 2.25. The van der Waals surface area contributed by atoms with Gasteiger partial charge in [0.2, 0.25) is 11.8 Å². The largest absolute Gasteiger partial charge is 0.366 e. The molecule has 0 atom stereocenters. The third-order valence-electron chi connectivity index (χ3n) is 5.54. The molecule has 3 aromatic rings. The lowest BCUT2D eigenvalue weighted by Crippen LogP contribution is -2.13. The molecule has 0 saturated heterocycles. The number of hydrogen-bond acceptors (Lipinski definition) is 8. The minimum atomic E-state index is -0.562. The van der Waals surface area contributed by atoms with Crippen LogP contribution < -0.4 is 17.2 Å². The lowest BCUT2D eigenvalue weighted by Gasteiger charge is -2.03. The molecule has 3 amide bonds. The molecule has 0 saturated carbocycles. The molecule has 6 N–H and O–H groups in total. The Morgan fingerprint density at radius 3 is 2.14 bits per heavy atom. The molecule has 2 aliphatic carbocycles. The summed E-state index contributed by atoms with van der Waals surface area (Å²) in [6.07, 6.45) is 14.4. The Balaban J connectivity index is 0.000000130. The van der Waals surface area contributed by atoms with E-state index in [1.165, 1.54) is 12.4 Å². The molecule has 12 heteroatoms. The topological polar surface area (TPSA) is 193 Å². The SMILES string of the molecule is NC(=O)c1cc(Cl)nc2c1C=CC2.NC(=O)c1ccnc2c1C=CC2.NC(=O)c1ncnc2c1N=CC2. The van der Waals surface area contributed by atoms with Crippen molar-refractivity contribution in [3.8, 4) is 0 Å². The molecule has 0 fully saturated rings. The molecule has 4 heterocycles. The van der Waals surface area contributed by atoms with Gasteiger partial charge in [0.1, 0.15) is 17.2 Å². The Morgan fingerprint density at radius 2 is 1.46 bits per heavy atom. The fourth-order valence-corrected chi connectivity index (χ4v) is 4.09. The second-order valence-electron chi connectivity index (χ2n) is 7.91. The second-order valence-corrected chi connectivity index (χ2v) is 8.30. The fourth-order valence-electron chi connectivity index (χ4n) is 3.88. The van der Waals surface area contributed by atoms with Crippen molar-refractivity contribution in [2.45, 2.75) is 19.3 Å². The summed E-state index contributed by atoms with van der Waals surface area (Å²) >= 11 is 5.73. The number of carbonyl (C=O) groups is 3. The van der Waals surface area contributed by atoms with Gasteiger partial charge in [-0.3, -0.25) is 24.4 Å². The number of pyridine rings is 2. The molecule has 0 unspecified atom stereocenters. The molecule has 0 bridgehead atoms. The fraction of sp³-hybridized carbons (Fsp3) is 0.120. The maximum absolute atomic E-state index is 11.0. The van der Waals surface area contributed by atoms with Crippen LogP contribution in [0.15, 0.2) is 41.8 Å². The standard InChI is InChI=1S/C9H7ClN2O.C9H8N2O.C7H6N4O/c10-8-4-6(9(11)13)5-2-1-3-7(5)12-8;10-9(12)7-4-5-11-8-3-1-2-6(7)8;8-7(12)6-5-4(1-2-9-5)10-3-11-6/h1-2,4H,3H2,(H2,11,13);1-2,4-5H,3H2,(H2,10,12);2-3H,1H2,(H2,8,12). The van der Waals surface area contributed by atoms with E-state index in [1.54, 1.807) is 18.5 Å². The maximum Gasteiger partial charge on any atom is 0.269 e. The van der Waals surface area contributed by atoms with Crippen molar-refractivity contribution in [3.63, 3.8) is 0 Å². The summed E-state index contributed by atoms with van der Waals surface area (Å²) in [6.45, 7) is 0. The number of rotatable bonds is 3. The predicted octanol–water partition coefficient (Wildman–Crippen LogP) is 1.99. The number of primary amides is 3. The Bertz CT molecular complexity index is 1440. The zero-order valence-corrected chi connectivity index (χ0v) is 20.1. The third kappa shape index (κ3) is 5.57. The minimum absolute atomic E-state index is 0.203. The smallest absolute Gasteiger partial charge is 0.269 e. The highest BCUT2D eigenvalue weighted by atomic mass is 35.5. The Labute approximate surface area is 216 Å². The molecule has 1 aliphatic heterocycles. The number of aromatic nitrogens is 4. The van der Waals surface area contributed by atoms with Crippen LogP contribution in [0, 0.1) is 0 Å². The Kier molecular flexibility index (Phi) is 7.44. The van der Waals surface area contributed by atoms with Crippen molar-refractivity contribution in [2.24, 2.45) is 22.2 Å². The van der Waals surface area contributed by atoms with Crippen molar-refractivity contribution < 1.29 is 14.4 Å². The van der Waals surface area contributed by atoms with Crippen LogP contribution in [0.25, 0.3) is 12.2 Å². The molecule has 37 heavy (non-hydrogen) atoms. The van der Waals surface area contributed by atoms with Crippen molar-refractivity contribution in [2.75, 3.05) is 0 Å². The third-order valence-corrected chi connectivity index (χ3v) is 5.73. The summed E-state index contributed by atoms with van der Waals surface area (Å²) < 4.78 is 0. The lowest BCUT2D eigenvalue weighted by molar-refractivity contribution is 0.0989. The molecule has 6 rings (SSSR count). The van der Waals surface area contributed by atoms with Crippen LogP contribution in [0.3, 0.4) is 0 Å². The predicted molar refractivity (Wildman–Crippen MR) is 138 cm³/mol. The number of amides is 3. The number of fused-ring (bicyclic) bond motifs is 3. The summed E-state index contributed by atoms with van der Waals surface area (Å²) in [6, 6.07) is 3.15. The molecule has 0 aromatic carbocycles. The zero-order chi connectivity index (χ0) is 26.5. The van der Waals surface area contributed by atoms with Gasteiger partial charge in [-0.1, -0.05) is 35.9 Å². The normalized spacial score (nSPS) is 13.0. The van der Waals surface area contributed by atoms with Crippen LogP contribution in [0.2, 0.25) is 5.15 Å². The average molecular weight is 517 g/mol. The number of aliphatic imine (C=N–C) groups is 1. The Morgan fingerprint density at radius 1 is 0.784 bits per heavy atom. The summed E-state index contributed by atoms with van der Waals surface area (Å²) in [5.41, 5.74) is 21.4. The van der Waals surface area contributed by atoms with E-state index in [2.05, 4.69) is 24.9 Å². The monoisotopic (exact) mass is 516 g/mol. The number of nitrogens with zero attached hydrogens (tertiary/aromatic N) is 5. The van der Waals surface area contributed by atoms with E-state index in [4.69, 9.17) is 28.8 Å². The van der Waals surface area contributed by atoms with Gasteiger partial charge in [-0.2, -0.15) is 0 Å². The van der Waals surface area contributed by atoms with Gasteiger partial charge in [-0.25, -0.2) is 15.0 Å². The van der Waals surface area contributed by atoms with Crippen LogP contribution in [0.1, 0.15) is 59.4 Å². The number of carbonyl (C=O) groups excluding carboxylic acids is 3. The van der Waals surface area contributed by atoms with E-state index in [1.807, 2.05) is 24.3 Å². The van der Waals surface area contributed by atoms with Gasteiger partial charge in [0.15, 0.2) is 5.69 Å². The number of allylic oxidation sites excluding steroid dienone is 2. The zero-order valence-electron chi connectivity index (χ0n) is 19.4. The summed E-state index contributed by atoms with van der Waals surface area (Å²) in [5.74, 6) is -1.42. The van der Waals surface area contributed by atoms with E-state index in [9.17, 15) is 14.4 Å². The van der Waals surface area contributed by atoms with E-state index < -0.39 is 11.8 Å². The first-order valence-electron chi connectivity index (χ1n) is 11.0. The second kappa shape index (κ2) is 10.9. The van der Waals surface area contributed by atoms with Gasteiger partial charge in [0.05, 0.1) is 22.6 Å². The summed E-state index contributed by atoms with van der Waals surface area (Å²) in [7, 11) is 0. The molecular weight excluding hydrogens is 496 g/mol. The van der Waals surface area contributed by atoms with Crippen LogP contribution in [-0.4, -0.2) is 43.9 Å². The number of halogens is 1. The van der Waals surface area contributed by atoms with Crippen molar-refractivity contribution >= 4 is 53.4 Å². The molecular formula is C25H21ClN8O3. The van der Waals surface area contributed by atoms with E-state index in [0.717, 1.165) is 41.1 Å². The molecule has 3 aromatic heterocycles. The summed E-state index contributed by atoms with van der Waals surface area (Å²) in [4.78, 5) is 52.7. The van der Waals surface area contributed by atoms with E-state index >= 15 is 0 Å². The first kappa shape index (κ1) is 25.3. The van der Waals surface area contributed by atoms with Crippen LogP contribution in [0.5, 0.6) is 0 Å². The highest BCUT2D eigenvalue weighted by molar-refractivity contribution is 6.29. The van der Waals surface area contributed by atoms with E-state index in [0.29, 0.717) is 28.4 Å². The van der Waals surface area contributed by atoms with Gasteiger partial charge in [-0.15, -0.1) is 0 Å². The van der Waals surface area contributed by atoms with Gasteiger partial charge in [-0.05, 0) is 12.1 Å². The van der Waals surface area contributed by atoms with Crippen molar-refractivity contribution in [3.05, 3.63) is 87.0 Å². The minimum Gasteiger partial charge on any atom is -0.366 e. The number of nitrogens with two attached hydrogens (primary N) is 3. The molecule has 3 aliphatic rings. The van der Waals surface area contributed by atoms with Crippen LogP contribution in [0.4, 0.5) is 5.69 Å². The van der Waals surface area contributed by atoms with Gasteiger partial charge >= 0.3 is 0 Å². The van der Waals surface area contributed by atoms with Crippen LogP contribution in [-0.2, 0) is 19.3 Å². The summed E-state index contributed by atoms with van der Waals surface area (Å²) in [5, 5.41) is 0.316. The van der Waals surface area contributed by atoms with Gasteiger partial charge in [0, 0.05) is 48.4 Å². The molecule has 0 spiro atoms. The van der Waals surface area contributed by atoms with E-state index in [-0.39, 0.29) is 11.6 Å². The van der Waals surface area contributed by atoms with Crippen molar-refractivity contribution in [1.29, 1.82) is 0 Å². The van der Waals surface area contributed by atoms with Gasteiger partial charge in [0.25, 0.3) is 5.91 Å². The molecule has 11 nitrogen and oxygen atoms in total. The maximum atomic E-state index is 11.0. The van der Waals surface area contributed by atoms with Crippen LogP contribution >= 0.6 is 11.6 Å². The molecule has 186 valence electrons. The van der Waals surface area contributed by atoms with Crippen molar-refractivity contribution in [1.82, 2.24) is 19.9 Å². The number of hydrogen-bond donors (Lipinski definition) is 3. The first-order chi connectivity index (χ1) is 17.8. The first-order valence-corrected chi connectivity index (χ1v) is 11.4. The quantitative estimate of drug-likeness (QED) is 0.442. The van der Waals surface area contributed by atoms with Gasteiger partial charge < -0.3 is 17.2 Å². The highest BCUT2D eigenvalue weighted by Gasteiger charge is 2.17. The Hall–Kier alpha value is -4.77. The lowest BCUT2D eigenvalue weighted by atomic mass is 10.1.